The van der Waals surface area contributed by atoms with Crippen molar-refractivity contribution < 1.29 is 4.74 Å². The van der Waals surface area contributed by atoms with Crippen molar-refractivity contribution in [3.05, 3.63) is 34.9 Å². The third-order valence-electron chi connectivity index (χ3n) is 8.40. The van der Waals surface area contributed by atoms with Crippen molar-refractivity contribution in [2.75, 3.05) is 6.61 Å². The van der Waals surface area contributed by atoms with E-state index in [0.29, 0.717) is 6.10 Å². The zero-order chi connectivity index (χ0) is 20.1. The van der Waals surface area contributed by atoms with Crippen molar-refractivity contribution in [1.29, 1.82) is 0 Å². The maximum absolute atomic E-state index is 6.23. The van der Waals surface area contributed by atoms with E-state index in [9.17, 15) is 0 Å². The van der Waals surface area contributed by atoms with E-state index in [2.05, 4.69) is 32.0 Å². The second kappa shape index (κ2) is 10.5. The molecule has 4 rings (SSSR count). The minimum Gasteiger partial charge on any atom is -0.378 e. The normalized spacial score (nSPS) is 31.9. The van der Waals surface area contributed by atoms with Gasteiger partial charge in [-0.1, -0.05) is 57.7 Å². The third-order valence-corrected chi connectivity index (χ3v) is 8.40. The Hall–Kier alpha value is -0.820. The summed E-state index contributed by atoms with van der Waals surface area (Å²) in [6.07, 6.45) is 19.6. The van der Waals surface area contributed by atoms with Crippen molar-refractivity contribution in [2.24, 2.45) is 17.8 Å². The minimum atomic E-state index is 0.560. The minimum absolute atomic E-state index is 0.560. The summed E-state index contributed by atoms with van der Waals surface area (Å²) in [6.45, 7) is 5.60. The number of ether oxygens (including phenoxy) is 1. The number of rotatable bonds is 8. The highest BCUT2D eigenvalue weighted by Gasteiger charge is 2.36. The highest BCUT2D eigenvalue weighted by Crippen LogP contribution is 2.47. The van der Waals surface area contributed by atoms with Gasteiger partial charge in [0.25, 0.3) is 0 Å². The van der Waals surface area contributed by atoms with Crippen LogP contribution in [-0.2, 0) is 17.6 Å². The molecule has 2 saturated carbocycles. The van der Waals surface area contributed by atoms with Crippen molar-refractivity contribution in [1.82, 2.24) is 0 Å². The molecule has 0 aromatic heterocycles. The van der Waals surface area contributed by atoms with E-state index in [4.69, 9.17) is 4.74 Å². The van der Waals surface area contributed by atoms with Gasteiger partial charge in [0.15, 0.2) is 0 Å². The number of fused-ring (bicyclic) bond motifs is 2. The van der Waals surface area contributed by atoms with Crippen molar-refractivity contribution in [2.45, 2.75) is 116 Å². The lowest BCUT2D eigenvalue weighted by Crippen LogP contribution is -2.34. The first-order chi connectivity index (χ1) is 14.3. The molecule has 0 spiro atoms. The Balaban J connectivity index is 1.30. The molecule has 0 N–H and O–H groups in total. The molecule has 1 aromatic rings. The van der Waals surface area contributed by atoms with Crippen LogP contribution in [0.3, 0.4) is 0 Å². The number of aryl methyl sites for hydroxylation is 1. The molecule has 0 radical (unpaired) electrons. The van der Waals surface area contributed by atoms with Gasteiger partial charge in [0, 0.05) is 6.61 Å². The first-order valence-electron chi connectivity index (χ1n) is 13.0. The summed E-state index contributed by atoms with van der Waals surface area (Å²) < 4.78 is 6.23. The summed E-state index contributed by atoms with van der Waals surface area (Å²) in [5.74, 6) is 3.64. The van der Waals surface area contributed by atoms with Gasteiger partial charge in [-0.15, -0.1) is 0 Å². The molecule has 3 aliphatic rings. The summed E-state index contributed by atoms with van der Waals surface area (Å²) in [4.78, 5) is 0. The maximum atomic E-state index is 6.23. The molecular formula is C28H44O. The second-order valence-electron chi connectivity index (χ2n) is 10.5. The number of hydrogen-bond acceptors (Lipinski definition) is 1. The molecule has 1 aromatic carbocycles. The van der Waals surface area contributed by atoms with Crippen molar-refractivity contribution in [3.8, 4) is 0 Å². The molecule has 5 atom stereocenters. The smallest absolute Gasteiger partial charge is 0.0578 e. The highest BCUT2D eigenvalue weighted by atomic mass is 16.5. The fourth-order valence-corrected chi connectivity index (χ4v) is 6.66. The Morgan fingerprint density at radius 2 is 1.72 bits per heavy atom. The average molecular weight is 397 g/mol. The standard InChI is InChI=1S/C28H44O/c1-3-5-6-16-29-28-15-14-26-19-25(12-13-27(26)20-28)24-11-10-22-17-21(7-4-2)8-9-23(22)18-24/h10-11,18,21,25-28H,3-9,12-17,19-20H2,1-2H3. The maximum Gasteiger partial charge on any atom is 0.0578 e. The Labute approximate surface area is 180 Å². The van der Waals surface area contributed by atoms with Crippen LogP contribution in [0.15, 0.2) is 18.2 Å². The SMILES string of the molecule is CCCCCOC1CCC2CC(c3ccc4c(c3)CCC(CCC)C4)CCC2C1. The van der Waals surface area contributed by atoms with Gasteiger partial charge < -0.3 is 4.74 Å². The van der Waals surface area contributed by atoms with Crippen LogP contribution in [-0.4, -0.2) is 12.7 Å². The number of benzene rings is 1. The summed E-state index contributed by atoms with van der Waals surface area (Å²) in [7, 11) is 0. The van der Waals surface area contributed by atoms with Crippen LogP contribution in [0, 0.1) is 17.8 Å². The molecule has 3 aliphatic carbocycles. The van der Waals surface area contributed by atoms with Gasteiger partial charge in [0.1, 0.15) is 0 Å². The van der Waals surface area contributed by atoms with Gasteiger partial charge in [-0.2, -0.15) is 0 Å². The molecule has 0 heterocycles. The first kappa shape index (κ1) is 21.4. The Morgan fingerprint density at radius 1 is 0.862 bits per heavy atom. The fraction of sp³-hybridized carbons (Fsp3) is 0.786. The first-order valence-corrected chi connectivity index (χ1v) is 13.0. The van der Waals surface area contributed by atoms with Gasteiger partial charge in [0.2, 0.25) is 0 Å². The Kier molecular flexibility index (Phi) is 7.73. The average Bonchev–Trinajstić information content (AvgIpc) is 2.76. The summed E-state index contributed by atoms with van der Waals surface area (Å²) in [5.41, 5.74) is 5.00. The quantitative estimate of drug-likeness (QED) is 0.406. The van der Waals surface area contributed by atoms with E-state index in [1.807, 2.05) is 0 Å². The summed E-state index contributed by atoms with van der Waals surface area (Å²) in [6, 6.07) is 7.62. The van der Waals surface area contributed by atoms with E-state index >= 15 is 0 Å². The van der Waals surface area contributed by atoms with E-state index < -0.39 is 0 Å². The van der Waals surface area contributed by atoms with E-state index in [-0.39, 0.29) is 0 Å². The van der Waals surface area contributed by atoms with Crippen molar-refractivity contribution >= 4 is 0 Å². The second-order valence-corrected chi connectivity index (χ2v) is 10.5. The number of unbranched alkanes of at least 4 members (excludes halogenated alkanes) is 2. The Bertz CT molecular complexity index is 635. The highest BCUT2D eigenvalue weighted by molar-refractivity contribution is 5.36. The zero-order valence-corrected chi connectivity index (χ0v) is 19.1. The van der Waals surface area contributed by atoms with Crippen LogP contribution >= 0.6 is 0 Å². The molecule has 0 bridgehead atoms. The lowest BCUT2D eigenvalue weighted by atomic mass is 9.65. The van der Waals surface area contributed by atoms with E-state index in [1.54, 1.807) is 16.7 Å². The predicted molar refractivity (Wildman–Crippen MR) is 124 cm³/mol. The van der Waals surface area contributed by atoms with Gasteiger partial charge in [-0.25, -0.2) is 0 Å². The molecule has 0 aliphatic heterocycles. The number of hydrogen-bond donors (Lipinski definition) is 0. The van der Waals surface area contributed by atoms with Crippen LogP contribution in [0.4, 0.5) is 0 Å². The molecule has 1 heteroatoms. The lowest BCUT2D eigenvalue weighted by molar-refractivity contribution is -0.0162. The predicted octanol–water partition coefficient (Wildman–Crippen LogP) is 7.85. The van der Waals surface area contributed by atoms with Gasteiger partial charge in [0.05, 0.1) is 6.10 Å². The molecule has 2 fully saturated rings. The van der Waals surface area contributed by atoms with Crippen LogP contribution in [0.2, 0.25) is 0 Å². The van der Waals surface area contributed by atoms with Crippen LogP contribution in [0.25, 0.3) is 0 Å². The lowest BCUT2D eigenvalue weighted by Gasteiger charge is -2.42. The van der Waals surface area contributed by atoms with E-state index in [0.717, 1.165) is 30.3 Å². The van der Waals surface area contributed by atoms with Crippen LogP contribution in [0.1, 0.15) is 114 Å². The Morgan fingerprint density at radius 3 is 2.59 bits per heavy atom. The van der Waals surface area contributed by atoms with Crippen LogP contribution in [0.5, 0.6) is 0 Å². The van der Waals surface area contributed by atoms with Gasteiger partial charge in [-0.05, 0) is 105 Å². The summed E-state index contributed by atoms with van der Waals surface area (Å²) >= 11 is 0. The topological polar surface area (TPSA) is 9.23 Å². The van der Waals surface area contributed by atoms with Gasteiger partial charge >= 0.3 is 0 Å². The largest absolute Gasteiger partial charge is 0.378 e. The molecule has 0 amide bonds. The molecule has 29 heavy (non-hydrogen) atoms. The molecule has 5 unspecified atom stereocenters. The summed E-state index contributed by atoms with van der Waals surface area (Å²) in [5, 5.41) is 0. The fourth-order valence-electron chi connectivity index (χ4n) is 6.66. The third kappa shape index (κ3) is 5.46. The van der Waals surface area contributed by atoms with Crippen molar-refractivity contribution in [3.63, 3.8) is 0 Å². The monoisotopic (exact) mass is 396 g/mol. The molecule has 0 saturated heterocycles. The molecule has 162 valence electrons. The van der Waals surface area contributed by atoms with Gasteiger partial charge in [-0.3, -0.25) is 0 Å². The van der Waals surface area contributed by atoms with E-state index in [1.165, 1.54) is 89.9 Å². The zero-order valence-electron chi connectivity index (χ0n) is 19.1. The molecule has 1 nitrogen and oxygen atoms in total. The molecular weight excluding hydrogens is 352 g/mol. The van der Waals surface area contributed by atoms with Crippen LogP contribution < -0.4 is 0 Å².